The summed E-state index contributed by atoms with van der Waals surface area (Å²) in [5.74, 6) is -1.08. The summed E-state index contributed by atoms with van der Waals surface area (Å²) in [6.07, 6.45) is -1.04. The van der Waals surface area contributed by atoms with Crippen LogP contribution in [-0.4, -0.2) is 54.0 Å². The summed E-state index contributed by atoms with van der Waals surface area (Å²) in [5, 5.41) is 22.7. The average Bonchev–Trinajstić information content (AvgIpc) is 2.77. The van der Waals surface area contributed by atoms with Gasteiger partial charge in [0.1, 0.15) is 18.5 Å². The first kappa shape index (κ1) is 22.4. The van der Waals surface area contributed by atoms with E-state index >= 15 is 0 Å². The maximum atomic E-state index is 12.7. The molecule has 4 N–H and O–H groups in total. The summed E-state index contributed by atoms with van der Waals surface area (Å²) in [6, 6.07) is 15.6. The Morgan fingerprint density at radius 3 is 2.16 bits per heavy atom. The highest BCUT2D eigenvalue weighted by Gasteiger charge is 2.51. The first-order valence-electron chi connectivity index (χ1n) is 9.72. The molecule has 2 aromatic rings. The Labute approximate surface area is 179 Å². The average molecular weight is 428 g/mol. The minimum atomic E-state index is -1.76. The normalized spacial score (nSPS) is 15.5. The Bertz CT molecular complexity index is 908. The predicted molar refractivity (Wildman–Crippen MR) is 109 cm³/mol. The van der Waals surface area contributed by atoms with Crippen LogP contribution in [-0.2, 0) is 27.4 Å². The summed E-state index contributed by atoms with van der Waals surface area (Å²) in [4.78, 5) is 36.9. The zero-order valence-corrected chi connectivity index (χ0v) is 16.7. The van der Waals surface area contributed by atoms with E-state index in [0.717, 1.165) is 5.56 Å². The van der Waals surface area contributed by atoms with Gasteiger partial charge in [0.05, 0.1) is 19.8 Å². The number of hydrogen-bond donors (Lipinski definition) is 4. The summed E-state index contributed by atoms with van der Waals surface area (Å²) in [7, 11) is 0. The fourth-order valence-corrected chi connectivity index (χ4v) is 3.18. The molecule has 0 aliphatic carbocycles. The van der Waals surface area contributed by atoms with Crippen LogP contribution in [0.1, 0.15) is 11.1 Å². The van der Waals surface area contributed by atoms with Crippen molar-refractivity contribution in [2.75, 3.05) is 19.8 Å². The molecule has 1 heterocycles. The largest absolute Gasteiger partial charge is 0.489 e. The Kier molecular flexibility index (Phi) is 7.35. The number of urea groups is 1. The van der Waals surface area contributed by atoms with Crippen molar-refractivity contribution in [3.63, 3.8) is 0 Å². The van der Waals surface area contributed by atoms with E-state index in [1.54, 1.807) is 24.3 Å². The molecule has 9 nitrogen and oxygen atoms in total. The summed E-state index contributed by atoms with van der Waals surface area (Å²) in [6.45, 7) is -1.06. The van der Waals surface area contributed by atoms with Gasteiger partial charge in [-0.2, -0.15) is 0 Å². The quantitative estimate of drug-likeness (QED) is 0.406. The maximum Gasteiger partial charge on any atom is 0.328 e. The maximum absolute atomic E-state index is 12.7. The lowest BCUT2D eigenvalue weighted by Crippen LogP contribution is -2.65. The van der Waals surface area contributed by atoms with Crippen molar-refractivity contribution >= 4 is 17.8 Å². The number of aliphatic hydroxyl groups is 2. The van der Waals surface area contributed by atoms with Crippen molar-refractivity contribution in [1.82, 2.24) is 10.6 Å². The fraction of sp³-hybridized carbons (Fsp3) is 0.318. The molecule has 0 saturated carbocycles. The highest BCUT2D eigenvalue weighted by atomic mass is 16.5. The van der Waals surface area contributed by atoms with Gasteiger partial charge in [0.25, 0.3) is 0 Å². The van der Waals surface area contributed by atoms with E-state index in [0.29, 0.717) is 17.9 Å². The van der Waals surface area contributed by atoms with Gasteiger partial charge in [-0.1, -0.05) is 42.5 Å². The van der Waals surface area contributed by atoms with E-state index < -0.39 is 49.2 Å². The fourth-order valence-electron chi connectivity index (χ4n) is 3.18. The van der Waals surface area contributed by atoms with Crippen LogP contribution in [0, 0.1) is 5.41 Å². The Morgan fingerprint density at radius 2 is 1.52 bits per heavy atom. The van der Waals surface area contributed by atoms with Crippen LogP contribution in [0.3, 0.4) is 0 Å². The molecule has 1 aliphatic rings. The van der Waals surface area contributed by atoms with Gasteiger partial charge in [0.15, 0.2) is 5.41 Å². The smallest absolute Gasteiger partial charge is 0.328 e. The second-order valence-corrected chi connectivity index (χ2v) is 7.22. The molecule has 0 spiro atoms. The summed E-state index contributed by atoms with van der Waals surface area (Å²) < 4.78 is 11.2. The molecule has 0 aromatic heterocycles. The van der Waals surface area contributed by atoms with Crippen molar-refractivity contribution in [3.05, 3.63) is 65.7 Å². The van der Waals surface area contributed by atoms with Gasteiger partial charge in [0.2, 0.25) is 11.8 Å². The first-order valence-corrected chi connectivity index (χ1v) is 9.72. The second-order valence-electron chi connectivity index (χ2n) is 7.22. The molecular formula is C22H24N2O7. The first-order chi connectivity index (χ1) is 15.0. The predicted octanol–water partition coefficient (Wildman–Crippen LogP) is 0.530. The molecule has 0 radical (unpaired) electrons. The zero-order valence-electron chi connectivity index (χ0n) is 16.7. The van der Waals surface area contributed by atoms with Crippen LogP contribution in [0.5, 0.6) is 5.75 Å². The van der Waals surface area contributed by atoms with Gasteiger partial charge in [-0.3, -0.25) is 20.2 Å². The standard InChI is InChI=1S/C22H24N2O7/c25-11-18(12-26)31-14-22(19(27)23-21(29)24-20(22)28)10-16-7-4-8-17(9-16)30-13-15-5-2-1-3-6-15/h1-9,18,25-26H,10-14H2,(H2,23,24,27,28,29). The lowest BCUT2D eigenvalue weighted by atomic mass is 9.79. The van der Waals surface area contributed by atoms with Crippen LogP contribution in [0.2, 0.25) is 0 Å². The van der Waals surface area contributed by atoms with Crippen LogP contribution >= 0.6 is 0 Å². The highest BCUT2D eigenvalue weighted by Crippen LogP contribution is 2.29. The Morgan fingerprint density at radius 1 is 0.871 bits per heavy atom. The van der Waals surface area contributed by atoms with E-state index in [1.165, 1.54) is 0 Å². The van der Waals surface area contributed by atoms with Gasteiger partial charge in [0, 0.05) is 0 Å². The molecule has 1 saturated heterocycles. The molecule has 9 heteroatoms. The number of carbonyl (C=O) groups is 3. The Balaban J connectivity index is 1.79. The number of amides is 4. The van der Waals surface area contributed by atoms with Gasteiger partial charge >= 0.3 is 6.03 Å². The molecule has 0 atom stereocenters. The van der Waals surface area contributed by atoms with E-state index in [2.05, 4.69) is 10.6 Å². The Hall–Kier alpha value is -3.27. The molecule has 2 aromatic carbocycles. The molecule has 0 unspecified atom stereocenters. The minimum absolute atomic E-state index is 0.0793. The highest BCUT2D eigenvalue weighted by molar-refractivity contribution is 6.19. The lowest BCUT2D eigenvalue weighted by Gasteiger charge is -2.34. The molecule has 31 heavy (non-hydrogen) atoms. The molecule has 3 rings (SSSR count). The third-order valence-corrected chi connectivity index (χ3v) is 4.95. The van der Waals surface area contributed by atoms with E-state index in [4.69, 9.17) is 9.47 Å². The van der Waals surface area contributed by atoms with Gasteiger partial charge in [-0.05, 0) is 29.7 Å². The molecule has 0 bridgehead atoms. The molecule has 164 valence electrons. The minimum Gasteiger partial charge on any atom is -0.489 e. The number of carbonyl (C=O) groups excluding carboxylic acids is 3. The monoisotopic (exact) mass is 428 g/mol. The number of barbiturate groups is 1. The number of ether oxygens (including phenoxy) is 2. The zero-order chi connectivity index (χ0) is 22.3. The summed E-state index contributed by atoms with van der Waals surface area (Å²) >= 11 is 0. The SMILES string of the molecule is O=C1NC(=O)C(COC(CO)CO)(Cc2cccc(OCc3ccccc3)c2)C(=O)N1. The van der Waals surface area contributed by atoms with Crippen molar-refractivity contribution in [2.24, 2.45) is 5.41 Å². The number of aliphatic hydroxyl groups excluding tert-OH is 2. The van der Waals surface area contributed by atoms with Crippen molar-refractivity contribution in [2.45, 2.75) is 19.1 Å². The molecular weight excluding hydrogens is 404 g/mol. The van der Waals surface area contributed by atoms with Crippen molar-refractivity contribution < 1.29 is 34.1 Å². The van der Waals surface area contributed by atoms with Gasteiger partial charge < -0.3 is 19.7 Å². The third-order valence-electron chi connectivity index (χ3n) is 4.95. The van der Waals surface area contributed by atoms with Gasteiger partial charge in [-0.15, -0.1) is 0 Å². The number of hydrogen-bond acceptors (Lipinski definition) is 7. The van der Waals surface area contributed by atoms with Crippen molar-refractivity contribution in [1.29, 1.82) is 0 Å². The van der Waals surface area contributed by atoms with Gasteiger partial charge in [-0.25, -0.2) is 4.79 Å². The van der Waals surface area contributed by atoms with E-state index in [1.807, 2.05) is 30.3 Å². The third kappa shape index (κ3) is 5.46. The van der Waals surface area contributed by atoms with Crippen LogP contribution in [0.4, 0.5) is 4.79 Å². The lowest BCUT2D eigenvalue weighted by molar-refractivity contribution is -0.152. The number of imide groups is 2. The second kappa shape index (κ2) is 10.2. The van der Waals surface area contributed by atoms with Crippen LogP contribution in [0.25, 0.3) is 0 Å². The summed E-state index contributed by atoms with van der Waals surface area (Å²) in [5.41, 5.74) is -0.158. The molecule has 1 fully saturated rings. The molecule has 1 aliphatic heterocycles. The van der Waals surface area contributed by atoms with Crippen LogP contribution < -0.4 is 15.4 Å². The number of rotatable bonds is 10. The van der Waals surface area contributed by atoms with Crippen molar-refractivity contribution in [3.8, 4) is 5.75 Å². The molecule has 4 amide bonds. The number of nitrogens with one attached hydrogen (secondary N) is 2. The van der Waals surface area contributed by atoms with Crippen LogP contribution in [0.15, 0.2) is 54.6 Å². The van der Waals surface area contributed by atoms with E-state index in [9.17, 15) is 24.6 Å². The van der Waals surface area contributed by atoms with E-state index in [-0.39, 0.29) is 6.42 Å². The number of benzene rings is 2. The topological polar surface area (TPSA) is 134 Å².